The maximum absolute atomic E-state index is 12.8. The van der Waals surface area contributed by atoms with E-state index in [9.17, 15) is 26.4 Å². The first-order chi connectivity index (χ1) is 14.1. The lowest BCUT2D eigenvalue weighted by Crippen LogP contribution is -2.40. The molecule has 2 aromatic rings. The SMILES string of the molecule is O=C(NCc1ccc(C(F)(F)F)cc1)c1ccc(Cl)c(S(=O)(=O)N2CCOCC2)c1. The van der Waals surface area contributed by atoms with Crippen LogP contribution < -0.4 is 5.32 Å². The Morgan fingerprint density at radius 2 is 1.73 bits per heavy atom. The smallest absolute Gasteiger partial charge is 0.379 e. The molecule has 1 fully saturated rings. The van der Waals surface area contributed by atoms with Crippen LogP contribution in [0.1, 0.15) is 21.5 Å². The summed E-state index contributed by atoms with van der Waals surface area (Å²) in [5.74, 6) is -0.579. The molecule has 1 heterocycles. The summed E-state index contributed by atoms with van der Waals surface area (Å²) in [6.07, 6.45) is -4.44. The van der Waals surface area contributed by atoms with Crippen molar-refractivity contribution in [3.05, 3.63) is 64.2 Å². The summed E-state index contributed by atoms with van der Waals surface area (Å²) in [6, 6.07) is 8.27. The van der Waals surface area contributed by atoms with Gasteiger partial charge in [0.25, 0.3) is 5.91 Å². The van der Waals surface area contributed by atoms with Gasteiger partial charge in [-0.15, -0.1) is 0 Å². The van der Waals surface area contributed by atoms with E-state index >= 15 is 0 Å². The zero-order valence-corrected chi connectivity index (χ0v) is 17.1. The predicted molar refractivity (Wildman–Crippen MR) is 104 cm³/mol. The number of alkyl halides is 3. The first kappa shape index (κ1) is 22.5. The van der Waals surface area contributed by atoms with E-state index in [0.717, 1.165) is 12.1 Å². The Morgan fingerprint density at radius 1 is 1.10 bits per heavy atom. The molecule has 3 rings (SSSR count). The molecule has 1 amide bonds. The van der Waals surface area contributed by atoms with Gasteiger partial charge in [0.15, 0.2) is 0 Å². The van der Waals surface area contributed by atoms with Gasteiger partial charge in [0, 0.05) is 25.2 Å². The van der Waals surface area contributed by atoms with Crippen LogP contribution in [-0.2, 0) is 27.5 Å². The molecule has 1 saturated heterocycles. The number of nitrogens with zero attached hydrogens (tertiary/aromatic N) is 1. The average Bonchev–Trinajstić information content (AvgIpc) is 2.72. The van der Waals surface area contributed by atoms with Crippen LogP contribution in [0.25, 0.3) is 0 Å². The van der Waals surface area contributed by atoms with Crippen molar-refractivity contribution in [2.45, 2.75) is 17.6 Å². The number of rotatable bonds is 5. The molecule has 0 radical (unpaired) electrons. The van der Waals surface area contributed by atoms with Gasteiger partial charge in [-0.25, -0.2) is 8.42 Å². The lowest BCUT2D eigenvalue weighted by atomic mass is 10.1. The molecule has 6 nitrogen and oxygen atoms in total. The molecule has 0 aliphatic carbocycles. The number of ether oxygens (including phenoxy) is 1. The number of carbonyl (C=O) groups excluding carboxylic acids is 1. The number of halogens is 4. The first-order valence-electron chi connectivity index (χ1n) is 8.91. The topological polar surface area (TPSA) is 75.7 Å². The second-order valence-corrected chi connectivity index (χ2v) is 8.85. The van der Waals surface area contributed by atoms with Crippen LogP contribution in [0, 0.1) is 0 Å². The van der Waals surface area contributed by atoms with Gasteiger partial charge in [-0.1, -0.05) is 23.7 Å². The van der Waals surface area contributed by atoms with Gasteiger partial charge in [0.1, 0.15) is 4.90 Å². The molecule has 11 heteroatoms. The van der Waals surface area contributed by atoms with Gasteiger partial charge in [-0.05, 0) is 35.9 Å². The third kappa shape index (κ3) is 5.12. The molecule has 0 spiro atoms. The van der Waals surface area contributed by atoms with Crippen molar-refractivity contribution < 1.29 is 31.1 Å². The van der Waals surface area contributed by atoms with Crippen LogP contribution >= 0.6 is 11.6 Å². The van der Waals surface area contributed by atoms with Gasteiger partial charge < -0.3 is 10.1 Å². The highest BCUT2D eigenvalue weighted by Gasteiger charge is 2.30. The molecule has 0 bridgehead atoms. The zero-order chi connectivity index (χ0) is 21.9. The molecule has 1 N–H and O–H groups in total. The fourth-order valence-corrected chi connectivity index (χ4v) is 4.77. The summed E-state index contributed by atoms with van der Waals surface area (Å²) in [6.45, 7) is 0.880. The fourth-order valence-electron chi connectivity index (χ4n) is 2.86. The summed E-state index contributed by atoms with van der Waals surface area (Å²) in [7, 11) is -3.90. The molecule has 0 atom stereocenters. The molecular formula is C19H18ClF3N2O4S. The van der Waals surface area contributed by atoms with Crippen LogP contribution in [-0.4, -0.2) is 44.9 Å². The van der Waals surface area contributed by atoms with E-state index < -0.39 is 27.7 Å². The van der Waals surface area contributed by atoms with Gasteiger partial charge in [0.05, 0.1) is 23.8 Å². The average molecular weight is 463 g/mol. The number of hydrogen-bond acceptors (Lipinski definition) is 4. The minimum Gasteiger partial charge on any atom is -0.379 e. The summed E-state index contributed by atoms with van der Waals surface area (Å²) >= 11 is 6.07. The number of sulfonamides is 1. The number of benzene rings is 2. The van der Waals surface area contributed by atoms with Crippen LogP contribution in [0.15, 0.2) is 47.4 Å². The second-order valence-electron chi connectivity index (χ2n) is 6.54. The number of hydrogen-bond donors (Lipinski definition) is 1. The van der Waals surface area contributed by atoms with Crippen LogP contribution in [0.4, 0.5) is 13.2 Å². The van der Waals surface area contributed by atoms with E-state index in [-0.39, 0.29) is 48.3 Å². The fraction of sp³-hybridized carbons (Fsp3) is 0.316. The van der Waals surface area contributed by atoms with Crippen molar-refractivity contribution in [3.63, 3.8) is 0 Å². The molecule has 0 saturated carbocycles. The maximum atomic E-state index is 12.8. The number of nitrogens with one attached hydrogen (secondary N) is 1. The molecule has 0 aromatic heterocycles. The molecule has 2 aromatic carbocycles. The Balaban J connectivity index is 1.73. The van der Waals surface area contributed by atoms with E-state index in [1.807, 2.05) is 0 Å². The third-order valence-electron chi connectivity index (χ3n) is 4.52. The standard InChI is InChI=1S/C19H18ClF3N2O4S/c20-16-6-3-14(11-17(16)30(27,28)25-7-9-29-10-8-25)18(26)24-12-13-1-4-15(5-2-13)19(21,22)23/h1-6,11H,7-10,12H2,(H,24,26). The molecule has 0 unspecified atom stereocenters. The minimum absolute atomic E-state index is 0.0132. The Hall–Kier alpha value is -2.14. The van der Waals surface area contributed by atoms with E-state index in [0.29, 0.717) is 5.56 Å². The van der Waals surface area contributed by atoms with Crippen molar-refractivity contribution in [1.82, 2.24) is 9.62 Å². The monoisotopic (exact) mass is 462 g/mol. The Bertz CT molecular complexity index is 1020. The highest BCUT2D eigenvalue weighted by atomic mass is 35.5. The molecule has 162 valence electrons. The lowest BCUT2D eigenvalue weighted by molar-refractivity contribution is -0.137. The van der Waals surface area contributed by atoms with Gasteiger partial charge in [-0.2, -0.15) is 17.5 Å². The van der Waals surface area contributed by atoms with Gasteiger partial charge in [-0.3, -0.25) is 4.79 Å². The second kappa shape index (κ2) is 8.93. The Morgan fingerprint density at radius 3 is 2.33 bits per heavy atom. The summed E-state index contributed by atoms with van der Waals surface area (Å²) < 4.78 is 69.9. The zero-order valence-electron chi connectivity index (χ0n) is 15.6. The number of carbonyl (C=O) groups is 1. The van der Waals surface area contributed by atoms with Crippen LogP contribution in [0.3, 0.4) is 0 Å². The summed E-state index contributed by atoms with van der Waals surface area (Å²) in [5, 5.41) is 2.55. The third-order valence-corrected chi connectivity index (χ3v) is 6.90. The Labute approximate surface area is 176 Å². The first-order valence-corrected chi connectivity index (χ1v) is 10.7. The van der Waals surface area contributed by atoms with E-state index in [1.165, 1.54) is 34.6 Å². The number of amides is 1. The summed E-state index contributed by atoms with van der Waals surface area (Å²) in [4.78, 5) is 12.3. The van der Waals surface area contributed by atoms with Crippen LogP contribution in [0.2, 0.25) is 5.02 Å². The van der Waals surface area contributed by atoms with Gasteiger partial charge in [0.2, 0.25) is 10.0 Å². The predicted octanol–water partition coefficient (Wildman–Crippen LogP) is 3.31. The largest absolute Gasteiger partial charge is 0.416 e. The van der Waals surface area contributed by atoms with Crippen molar-refractivity contribution in [1.29, 1.82) is 0 Å². The lowest BCUT2D eigenvalue weighted by Gasteiger charge is -2.26. The molecule has 1 aliphatic heterocycles. The van der Waals surface area contributed by atoms with Crippen LogP contribution in [0.5, 0.6) is 0 Å². The van der Waals surface area contributed by atoms with Crippen molar-refractivity contribution in [3.8, 4) is 0 Å². The summed E-state index contributed by atoms with van der Waals surface area (Å²) in [5.41, 5.74) is -0.252. The Kier molecular flexibility index (Phi) is 6.71. The maximum Gasteiger partial charge on any atom is 0.416 e. The number of morpholine rings is 1. The highest BCUT2D eigenvalue weighted by molar-refractivity contribution is 7.89. The van der Waals surface area contributed by atoms with E-state index in [4.69, 9.17) is 16.3 Å². The molecule has 1 aliphatic rings. The van der Waals surface area contributed by atoms with Crippen molar-refractivity contribution in [2.24, 2.45) is 0 Å². The normalized spacial score (nSPS) is 15.7. The highest BCUT2D eigenvalue weighted by Crippen LogP contribution is 2.29. The van der Waals surface area contributed by atoms with Gasteiger partial charge >= 0.3 is 6.18 Å². The molecule has 30 heavy (non-hydrogen) atoms. The van der Waals surface area contributed by atoms with E-state index in [2.05, 4.69) is 5.32 Å². The van der Waals surface area contributed by atoms with Crippen molar-refractivity contribution in [2.75, 3.05) is 26.3 Å². The quantitative estimate of drug-likeness (QED) is 0.739. The minimum atomic E-state index is -4.44. The van der Waals surface area contributed by atoms with Crippen molar-refractivity contribution >= 4 is 27.5 Å². The molecular weight excluding hydrogens is 445 g/mol. The van der Waals surface area contributed by atoms with E-state index in [1.54, 1.807) is 0 Å².